The normalized spacial score (nSPS) is 18.1. The molecule has 0 bridgehead atoms. The molecule has 2 fully saturated rings. The minimum absolute atomic E-state index is 0.145. The summed E-state index contributed by atoms with van der Waals surface area (Å²) in [7, 11) is 0. The molecule has 0 radical (unpaired) electrons. The predicted octanol–water partition coefficient (Wildman–Crippen LogP) is 3.11. The van der Waals surface area contributed by atoms with Crippen LogP contribution in [0, 0.1) is 13.8 Å². The van der Waals surface area contributed by atoms with Crippen LogP contribution in [0.2, 0.25) is 0 Å². The minimum atomic E-state index is 0.145. The number of thiophene rings is 1. The van der Waals surface area contributed by atoms with Crippen molar-refractivity contribution < 1.29 is 4.79 Å². The Balaban J connectivity index is 1.43. The van der Waals surface area contributed by atoms with Gasteiger partial charge in [-0.25, -0.2) is 4.98 Å². The highest BCUT2D eigenvalue weighted by Gasteiger charge is 2.25. The summed E-state index contributed by atoms with van der Waals surface area (Å²) in [6.45, 7) is 9.21. The molecule has 7 heteroatoms. The number of aromatic nitrogens is 2. The zero-order valence-corrected chi connectivity index (χ0v) is 17.0. The number of piperidine rings is 1. The summed E-state index contributed by atoms with van der Waals surface area (Å²) in [5.41, 5.74) is 2.16. The number of nitrogens with zero attached hydrogens (tertiary/aromatic N) is 5. The molecule has 0 atom stereocenters. The number of hydrogen-bond donors (Lipinski definition) is 0. The molecule has 0 N–H and O–H groups in total. The maximum absolute atomic E-state index is 12.7. The number of hydrogen-bond acceptors (Lipinski definition) is 6. The van der Waals surface area contributed by atoms with Crippen LogP contribution in [0.1, 0.15) is 40.2 Å². The molecule has 0 unspecified atom stereocenters. The van der Waals surface area contributed by atoms with E-state index < -0.39 is 0 Å². The topological polar surface area (TPSA) is 52.6 Å². The van der Waals surface area contributed by atoms with Crippen molar-refractivity contribution in [2.45, 2.75) is 33.1 Å². The Kier molecular flexibility index (Phi) is 5.29. The lowest BCUT2D eigenvalue weighted by Crippen LogP contribution is -2.49. The minimum Gasteiger partial charge on any atom is -0.356 e. The molecule has 0 aliphatic carbocycles. The maximum atomic E-state index is 12.7. The summed E-state index contributed by atoms with van der Waals surface area (Å²) in [5.74, 6) is 1.99. The van der Waals surface area contributed by atoms with Crippen molar-refractivity contribution >= 4 is 29.0 Å². The third-order valence-corrected chi connectivity index (χ3v) is 6.34. The molecule has 27 heavy (non-hydrogen) atoms. The van der Waals surface area contributed by atoms with Gasteiger partial charge in [0.15, 0.2) is 0 Å². The number of rotatable bonds is 3. The van der Waals surface area contributed by atoms with Gasteiger partial charge >= 0.3 is 0 Å². The van der Waals surface area contributed by atoms with Gasteiger partial charge in [0.2, 0.25) is 5.95 Å². The quantitative estimate of drug-likeness (QED) is 0.813. The van der Waals surface area contributed by atoms with Crippen molar-refractivity contribution in [2.24, 2.45) is 0 Å². The number of piperazine rings is 1. The first kappa shape index (κ1) is 18.2. The molecule has 2 aromatic heterocycles. The van der Waals surface area contributed by atoms with Crippen molar-refractivity contribution in [3.05, 3.63) is 33.6 Å². The van der Waals surface area contributed by atoms with Crippen molar-refractivity contribution in [2.75, 3.05) is 49.1 Å². The molecule has 2 saturated heterocycles. The van der Waals surface area contributed by atoms with E-state index >= 15 is 0 Å². The van der Waals surface area contributed by atoms with E-state index in [2.05, 4.69) is 20.9 Å². The molecule has 144 valence electrons. The van der Waals surface area contributed by atoms with Crippen LogP contribution < -0.4 is 9.80 Å². The van der Waals surface area contributed by atoms with E-state index in [4.69, 9.17) is 4.98 Å². The van der Waals surface area contributed by atoms with Crippen LogP contribution in [-0.4, -0.2) is 60.0 Å². The van der Waals surface area contributed by atoms with Crippen molar-refractivity contribution in [1.29, 1.82) is 0 Å². The first-order valence-electron chi connectivity index (χ1n) is 9.80. The van der Waals surface area contributed by atoms with Gasteiger partial charge in [0.05, 0.1) is 4.88 Å². The Morgan fingerprint density at radius 1 is 0.926 bits per heavy atom. The third-order valence-electron chi connectivity index (χ3n) is 5.30. The second kappa shape index (κ2) is 7.84. The summed E-state index contributed by atoms with van der Waals surface area (Å²) < 4.78 is 0. The zero-order chi connectivity index (χ0) is 18.8. The smallest absolute Gasteiger partial charge is 0.264 e. The third kappa shape index (κ3) is 4.08. The highest BCUT2D eigenvalue weighted by molar-refractivity contribution is 7.12. The van der Waals surface area contributed by atoms with Crippen LogP contribution in [0.3, 0.4) is 0 Å². The van der Waals surface area contributed by atoms with Crippen LogP contribution in [0.4, 0.5) is 11.8 Å². The van der Waals surface area contributed by atoms with Gasteiger partial charge in [-0.05, 0) is 50.1 Å². The summed E-state index contributed by atoms with van der Waals surface area (Å²) in [5, 5.41) is 2.03. The van der Waals surface area contributed by atoms with Crippen LogP contribution >= 0.6 is 11.3 Å². The van der Waals surface area contributed by atoms with Gasteiger partial charge in [-0.1, -0.05) is 0 Å². The van der Waals surface area contributed by atoms with E-state index in [0.717, 1.165) is 54.1 Å². The fourth-order valence-corrected chi connectivity index (χ4v) is 4.64. The first-order valence-corrected chi connectivity index (χ1v) is 10.7. The Hall–Kier alpha value is -2.15. The molecule has 0 spiro atoms. The summed E-state index contributed by atoms with van der Waals surface area (Å²) in [6, 6.07) is 4.07. The molecule has 4 rings (SSSR count). The average molecular weight is 386 g/mol. The lowest BCUT2D eigenvalue weighted by molar-refractivity contribution is 0.0751. The molecule has 4 heterocycles. The van der Waals surface area contributed by atoms with Gasteiger partial charge in [-0.15, -0.1) is 11.3 Å². The Morgan fingerprint density at radius 2 is 1.67 bits per heavy atom. The lowest BCUT2D eigenvalue weighted by atomic mass is 10.1. The van der Waals surface area contributed by atoms with E-state index in [9.17, 15) is 4.79 Å². The van der Waals surface area contributed by atoms with Gasteiger partial charge in [0, 0.05) is 51.0 Å². The van der Waals surface area contributed by atoms with E-state index in [1.807, 2.05) is 30.2 Å². The molecule has 0 saturated carbocycles. The Morgan fingerprint density at radius 3 is 2.33 bits per heavy atom. The van der Waals surface area contributed by atoms with E-state index in [-0.39, 0.29) is 5.91 Å². The lowest BCUT2D eigenvalue weighted by Gasteiger charge is -2.35. The fourth-order valence-electron chi connectivity index (χ4n) is 3.77. The van der Waals surface area contributed by atoms with Crippen LogP contribution in [0.25, 0.3) is 0 Å². The van der Waals surface area contributed by atoms with Gasteiger partial charge in [0.25, 0.3) is 5.91 Å². The number of amides is 1. The maximum Gasteiger partial charge on any atom is 0.264 e. The van der Waals surface area contributed by atoms with Crippen LogP contribution in [0.5, 0.6) is 0 Å². The number of aryl methyl sites for hydroxylation is 2. The van der Waals surface area contributed by atoms with Gasteiger partial charge in [-0.3, -0.25) is 4.79 Å². The van der Waals surface area contributed by atoms with Crippen molar-refractivity contribution in [1.82, 2.24) is 14.9 Å². The van der Waals surface area contributed by atoms with Crippen LogP contribution in [-0.2, 0) is 0 Å². The second-order valence-electron chi connectivity index (χ2n) is 7.48. The highest BCUT2D eigenvalue weighted by atomic mass is 32.1. The largest absolute Gasteiger partial charge is 0.356 e. The summed E-state index contributed by atoms with van der Waals surface area (Å²) >= 11 is 1.53. The molecule has 2 aromatic rings. The summed E-state index contributed by atoms with van der Waals surface area (Å²) in [6.07, 6.45) is 3.79. The molecule has 0 aromatic carbocycles. The Labute approximate surface area is 164 Å². The van der Waals surface area contributed by atoms with Crippen molar-refractivity contribution in [3.8, 4) is 0 Å². The molecule has 6 nitrogen and oxygen atoms in total. The molecule has 1 amide bonds. The molecular formula is C20H27N5OS. The SMILES string of the molecule is Cc1csc(C(=O)N2CCN(c3nc(C)cc(N4CCCCC4)n3)CC2)c1. The van der Waals surface area contributed by atoms with Gasteiger partial charge < -0.3 is 14.7 Å². The molecule has 2 aliphatic rings. The van der Waals surface area contributed by atoms with Crippen LogP contribution in [0.15, 0.2) is 17.5 Å². The first-order chi connectivity index (χ1) is 13.1. The Bertz CT molecular complexity index is 806. The van der Waals surface area contributed by atoms with Gasteiger partial charge in [0.1, 0.15) is 5.82 Å². The second-order valence-corrected chi connectivity index (χ2v) is 8.39. The van der Waals surface area contributed by atoms with E-state index in [1.165, 1.54) is 30.6 Å². The van der Waals surface area contributed by atoms with Gasteiger partial charge in [-0.2, -0.15) is 4.98 Å². The monoisotopic (exact) mass is 385 g/mol. The standard InChI is InChI=1S/C20H27N5OS/c1-15-12-17(27-14-15)19(26)24-8-10-25(11-9-24)20-21-16(2)13-18(22-20)23-6-4-3-5-7-23/h12-14H,3-11H2,1-2H3. The highest BCUT2D eigenvalue weighted by Crippen LogP contribution is 2.23. The van der Waals surface area contributed by atoms with Crippen molar-refractivity contribution in [3.63, 3.8) is 0 Å². The van der Waals surface area contributed by atoms with E-state index in [1.54, 1.807) is 0 Å². The molecular weight excluding hydrogens is 358 g/mol. The predicted molar refractivity (Wildman–Crippen MR) is 110 cm³/mol. The van der Waals surface area contributed by atoms with E-state index in [0.29, 0.717) is 13.1 Å². The number of carbonyl (C=O) groups is 1. The number of anilines is 2. The zero-order valence-electron chi connectivity index (χ0n) is 16.1. The molecule has 2 aliphatic heterocycles. The number of carbonyl (C=O) groups excluding carboxylic acids is 1. The average Bonchev–Trinajstić information content (AvgIpc) is 3.14. The summed E-state index contributed by atoms with van der Waals surface area (Å²) in [4.78, 5) is 29.5. The fraction of sp³-hybridized carbons (Fsp3) is 0.550.